The zero-order chi connectivity index (χ0) is 17.1. The van der Waals surface area contributed by atoms with Crippen LogP contribution in [0.4, 0.5) is 0 Å². The molecule has 0 saturated heterocycles. The van der Waals surface area contributed by atoms with E-state index in [1.807, 2.05) is 19.9 Å². The number of rotatable bonds is 5. The highest BCUT2D eigenvalue weighted by atomic mass is 32.1. The molecule has 2 aromatic heterocycles. The number of hydrogen-bond acceptors (Lipinski definition) is 5. The summed E-state index contributed by atoms with van der Waals surface area (Å²) in [6, 6.07) is 3.58. The highest BCUT2D eigenvalue weighted by Crippen LogP contribution is 2.25. The number of aromatic nitrogens is 2. The van der Waals surface area contributed by atoms with Crippen LogP contribution in [-0.4, -0.2) is 9.66 Å². The molecule has 120 valence electrons. The van der Waals surface area contributed by atoms with Crippen molar-refractivity contribution in [1.82, 2.24) is 9.66 Å². The van der Waals surface area contributed by atoms with Gasteiger partial charge in [-0.1, -0.05) is 19.2 Å². The maximum Gasteiger partial charge on any atom is 0.282 e. The molecule has 0 fully saturated rings. The van der Waals surface area contributed by atoms with E-state index < -0.39 is 0 Å². The zero-order valence-electron chi connectivity index (χ0n) is 13.4. The molecule has 0 amide bonds. The van der Waals surface area contributed by atoms with Gasteiger partial charge in [-0.15, -0.1) is 12.6 Å². The molecule has 5 nitrogen and oxygen atoms in total. The van der Waals surface area contributed by atoms with Gasteiger partial charge in [0.2, 0.25) is 0 Å². The lowest BCUT2D eigenvalue weighted by Crippen LogP contribution is -2.38. The largest absolute Gasteiger partial charge is 0.461 e. The third kappa shape index (κ3) is 3.17. The normalized spacial score (nSPS) is 11.0. The van der Waals surface area contributed by atoms with E-state index >= 15 is 0 Å². The lowest BCUT2D eigenvalue weighted by Gasteiger charge is -2.21. The van der Waals surface area contributed by atoms with Gasteiger partial charge < -0.3 is 4.42 Å². The van der Waals surface area contributed by atoms with E-state index in [9.17, 15) is 4.79 Å². The van der Waals surface area contributed by atoms with Gasteiger partial charge in [0, 0.05) is 18.0 Å². The second-order valence-electron chi connectivity index (χ2n) is 4.91. The smallest absolute Gasteiger partial charge is 0.282 e. The average Bonchev–Trinajstić information content (AvgIpc) is 2.92. The summed E-state index contributed by atoms with van der Waals surface area (Å²) < 4.78 is 6.96. The molecule has 0 unspecified atom stereocenters. The van der Waals surface area contributed by atoms with E-state index in [0.29, 0.717) is 27.7 Å². The molecule has 23 heavy (non-hydrogen) atoms. The van der Waals surface area contributed by atoms with Gasteiger partial charge in [-0.25, -0.2) is 4.98 Å². The SMILES string of the molecule is C=CN(/C=C\C)n1c(C)nc(S)c(C(=C)c2ccc(C)o2)c1=O. The van der Waals surface area contributed by atoms with Crippen LogP contribution in [0.3, 0.4) is 0 Å². The fourth-order valence-corrected chi connectivity index (χ4v) is 2.60. The summed E-state index contributed by atoms with van der Waals surface area (Å²) in [4.78, 5) is 17.3. The molecule has 0 aliphatic heterocycles. The molecule has 6 heteroatoms. The summed E-state index contributed by atoms with van der Waals surface area (Å²) in [6.07, 6.45) is 5.04. The van der Waals surface area contributed by atoms with Crippen LogP contribution in [0.5, 0.6) is 0 Å². The van der Waals surface area contributed by atoms with Crippen molar-refractivity contribution in [3.8, 4) is 0 Å². The number of nitrogens with zero attached hydrogens (tertiary/aromatic N) is 3. The summed E-state index contributed by atoms with van der Waals surface area (Å²) in [5, 5.41) is 1.87. The first-order valence-corrected chi connectivity index (χ1v) is 7.48. The molecular formula is C17H19N3O2S. The van der Waals surface area contributed by atoms with Crippen LogP contribution in [0, 0.1) is 13.8 Å². The van der Waals surface area contributed by atoms with E-state index in [4.69, 9.17) is 4.42 Å². The molecule has 0 aromatic carbocycles. The Morgan fingerprint density at radius 2 is 2.13 bits per heavy atom. The molecule has 0 aliphatic rings. The van der Waals surface area contributed by atoms with Crippen molar-refractivity contribution in [1.29, 1.82) is 0 Å². The summed E-state index contributed by atoms with van der Waals surface area (Å²) in [5.41, 5.74) is 0.447. The van der Waals surface area contributed by atoms with Crippen molar-refractivity contribution in [3.05, 3.63) is 77.0 Å². The summed E-state index contributed by atoms with van der Waals surface area (Å²) in [5.74, 6) is 1.75. The second-order valence-corrected chi connectivity index (χ2v) is 5.33. The van der Waals surface area contributed by atoms with Crippen LogP contribution in [0.2, 0.25) is 0 Å². The topological polar surface area (TPSA) is 51.3 Å². The van der Waals surface area contributed by atoms with Gasteiger partial charge >= 0.3 is 0 Å². The minimum absolute atomic E-state index is 0.292. The van der Waals surface area contributed by atoms with E-state index in [2.05, 4.69) is 30.8 Å². The van der Waals surface area contributed by atoms with Gasteiger partial charge in [-0.2, -0.15) is 4.68 Å². The number of aryl methyl sites for hydroxylation is 2. The van der Waals surface area contributed by atoms with Crippen LogP contribution in [0.25, 0.3) is 5.57 Å². The standard InChI is InChI=1S/C17H19N3O2S/c1-6-10-19(7-2)20-13(5)18-16(23)15(17(20)21)12(4)14-9-8-11(3)22-14/h6-10,23H,2,4H2,1,3,5H3/b10-6-. The molecule has 2 aromatic rings. The molecular weight excluding hydrogens is 310 g/mol. The Morgan fingerprint density at radius 3 is 2.65 bits per heavy atom. The van der Waals surface area contributed by atoms with E-state index in [1.54, 1.807) is 30.3 Å². The van der Waals surface area contributed by atoms with Crippen LogP contribution >= 0.6 is 12.6 Å². The average molecular weight is 329 g/mol. The molecule has 0 atom stereocenters. The van der Waals surface area contributed by atoms with Crippen LogP contribution in [-0.2, 0) is 0 Å². The predicted molar refractivity (Wildman–Crippen MR) is 95.3 cm³/mol. The minimum Gasteiger partial charge on any atom is -0.461 e. The highest BCUT2D eigenvalue weighted by molar-refractivity contribution is 7.80. The third-order valence-corrected chi connectivity index (χ3v) is 3.59. The number of thiol groups is 1. The Morgan fingerprint density at radius 1 is 1.43 bits per heavy atom. The Labute approximate surface area is 140 Å². The third-order valence-electron chi connectivity index (χ3n) is 3.26. The van der Waals surface area contributed by atoms with Gasteiger partial charge in [-0.05, 0) is 32.9 Å². The minimum atomic E-state index is -0.292. The lowest BCUT2D eigenvalue weighted by molar-refractivity contribution is 0.521. The quantitative estimate of drug-likeness (QED) is 0.674. The number of hydrogen-bond donors (Lipinski definition) is 1. The van der Waals surface area contributed by atoms with E-state index in [-0.39, 0.29) is 5.56 Å². The summed E-state index contributed by atoms with van der Waals surface area (Å²) in [6.45, 7) is 13.1. The van der Waals surface area contributed by atoms with Crippen molar-refractivity contribution in [2.75, 3.05) is 5.01 Å². The Kier molecular flexibility index (Phi) is 4.95. The summed E-state index contributed by atoms with van der Waals surface area (Å²) >= 11 is 4.34. The number of furan rings is 1. The first-order chi connectivity index (χ1) is 10.9. The fraction of sp³-hybridized carbons (Fsp3) is 0.176. The maximum atomic E-state index is 13.0. The van der Waals surface area contributed by atoms with Gasteiger partial charge in [0.25, 0.3) is 5.56 Å². The van der Waals surface area contributed by atoms with Crippen LogP contribution < -0.4 is 10.6 Å². The van der Waals surface area contributed by atoms with E-state index in [1.165, 1.54) is 10.9 Å². The second kappa shape index (κ2) is 6.75. The molecule has 0 radical (unpaired) electrons. The maximum absolute atomic E-state index is 13.0. The molecule has 2 rings (SSSR count). The fourth-order valence-electron chi connectivity index (χ4n) is 2.22. The summed E-state index contributed by atoms with van der Waals surface area (Å²) in [7, 11) is 0. The zero-order valence-corrected chi connectivity index (χ0v) is 14.3. The Balaban J connectivity index is 2.68. The van der Waals surface area contributed by atoms with Crippen molar-refractivity contribution in [2.45, 2.75) is 25.8 Å². The van der Waals surface area contributed by atoms with E-state index in [0.717, 1.165) is 5.76 Å². The van der Waals surface area contributed by atoms with Crippen molar-refractivity contribution < 1.29 is 4.42 Å². The monoisotopic (exact) mass is 329 g/mol. The molecule has 0 N–H and O–H groups in total. The Bertz CT molecular complexity index is 846. The molecule has 0 aliphatic carbocycles. The first kappa shape index (κ1) is 16.9. The van der Waals surface area contributed by atoms with Crippen molar-refractivity contribution in [2.24, 2.45) is 0 Å². The van der Waals surface area contributed by atoms with Gasteiger partial charge in [0.1, 0.15) is 22.4 Å². The molecule has 0 spiro atoms. The van der Waals surface area contributed by atoms with Crippen LogP contribution in [0.1, 0.15) is 29.8 Å². The first-order valence-electron chi connectivity index (χ1n) is 7.03. The molecule has 0 saturated carbocycles. The Hall–Kier alpha value is -2.47. The van der Waals surface area contributed by atoms with Gasteiger partial charge in [0.05, 0.1) is 5.56 Å². The van der Waals surface area contributed by atoms with Crippen LogP contribution in [0.15, 0.2) is 58.0 Å². The van der Waals surface area contributed by atoms with Crippen molar-refractivity contribution >= 4 is 18.2 Å². The van der Waals surface area contributed by atoms with Crippen molar-refractivity contribution in [3.63, 3.8) is 0 Å². The van der Waals surface area contributed by atoms with Gasteiger partial charge in [0.15, 0.2) is 0 Å². The number of allylic oxidation sites excluding steroid dienone is 1. The molecule has 0 bridgehead atoms. The molecule has 2 heterocycles. The highest BCUT2D eigenvalue weighted by Gasteiger charge is 2.19. The lowest BCUT2D eigenvalue weighted by atomic mass is 10.1. The predicted octanol–water partition coefficient (Wildman–Crippen LogP) is 3.42. The van der Waals surface area contributed by atoms with Gasteiger partial charge in [-0.3, -0.25) is 9.80 Å².